The van der Waals surface area contributed by atoms with Gasteiger partial charge in [-0.25, -0.2) is 4.79 Å². The second kappa shape index (κ2) is 6.52. The molecule has 17 heavy (non-hydrogen) atoms. The number of esters is 1. The van der Waals surface area contributed by atoms with Crippen LogP contribution >= 0.6 is 0 Å². The summed E-state index contributed by atoms with van der Waals surface area (Å²) in [6.07, 6.45) is -0.323. The number of amides is 1. The summed E-state index contributed by atoms with van der Waals surface area (Å²) in [5, 5.41) is 2.44. The number of carbonyl (C=O) groups excluding carboxylic acids is 2. The van der Waals surface area contributed by atoms with Gasteiger partial charge in [-0.05, 0) is 19.1 Å². The first kappa shape index (κ1) is 13.0. The lowest BCUT2D eigenvalue weighted by atomic mass is 10.3. The Hall–Kier alpha value is -2.04. The van der Waals surface area contributed by atoms with Gasteiger partial charge in [0.25, 0.3) is 0 Å². The monoisotopic (exact) mass is 236 g/mol. The van der Waals surface area contributed by atoms with E-state index in [-0.39, 0.29) is 6.61 Å². The fourth-order valence-corrected chi connectivity index (χ4v) is 1.44. The van der Waals surface area contributed by atoms with Gasteiger partial charge in [0.1, 0.15) is 0 Å². The predicted molar refractivity (Wildman–Crippen MR) is 64.5 cm³/mol. The Balaban J connectivity index is 2.83. The zero-order valence-corrected chi connectivity index (χ0v) is 9.92. The molecule has 92 valence electrons. The summed E-state index contributed by atoms with van der Waals surface area (Å²) in [7, 11) is 1.72. The minimum atomic E-state index is -0.810. The number of hydrogen-bond donors (Lipinski definition) is 1. The summed E-state index contributed by atoms with van der Waals surface area (Å²) < 4.78 is 4.90. The molecule has 0 unspecified atom stereocenters. The largest absolute Gasteiger partial charge is 0.463 e. The first-order chi connectivity index (χ1) is 8.20. The smallest absolute Gasteiger partial charge is 0.349 e. The highest BCUT2D eigenvalue weighted by molar-refractivity contribution is 5.81. The van der Waals surface area contributed by atoms with E-state index in [1.165, 1.54) is 0 Å². The molecule has 0 heterocycles. The van der Waals surface area contributed by atoms with Crippen molar-refractivity contribution in [2.24, 2.45) is 0 Å². The molecule has 1 aromatic carbocycles. The van der Waals surface area contributed by atoms with E-state index in [1.54, 1.807) is 18.9 Å². The van der Waals surface area contributed by atoms with Crippen LogP contribution in [0.15, 0.2) is 30.3 Å². The Morgan fingerprint density at radius 3 is 2.65 bits per heavy atom. The van der Waals surface area contributed by atoms with Gasteiger partial charge in [0.15, 0.2) is 0 Å². The molecule has 0 fully saturated rings. The standard InChI is InChI=1S/C12H16N2O3/c1-3-17-12(16)11(13-9-15)14(2)10-7-5-4-6-8-10/h4-9,11H,3H2,1-2H3,(H,13,15)/t11-/m1/s1. The Morgan fingerprint density at radius 1 is 1.47 bits per heavy atom. The molecule has 0 aliphatic heterocycles. The zero-order chi connectivity index (χ0) is 12.7. The maximum atomic E-state index is 11.7. The molecular formula is C12H16N2O3. The van der Waals surface area contributed by atoms with E-state index >= 15 is 0 Å². The number of anilines is 1. The number of likely N-dealkylation sites (N-methyl/N-ethyl adjacent to an activating group) is 1. The van der Waals surface area contributed by atoms with E-state index in [1.807, 2.05) is 30.3 Å². The van der Waals surface area contributed by atoms with Gasteiger partial charge in [-0.2, -0.15) is 0 Å². The number of rotatable bonds is 6. The fraction of sp³-hybridized carbons (Fsp3) is 0.333. The second-order valence-electron chi connectivity index (χ2n) is 3.39. The van der Waals surface area contributed by atoms with Crippen LogP contribution in [0.1, 0.15) is 6.92 Å². The SMILES string of the molecule is CCOC(=O)[C@H](NC=O)N(C)c1ccccc1. The molecule has 0 saturated heterocycles. The second-order valence-corrected chi connectivity index (χ2v) is 3.39. The van der Waals surface area contributed by atoms with Gasteiger partial charge < -0.3 is 15.0 Å². The van der Waals surface area contributed by atoms with Crippen LogP contribution in [0.4, 0.5) is 5.69 Å². The van der Waals surface area contributed by atoms with Crippen molar-refractivity contribution in [3.05, 3.63) is 30.3 Å². The predicted octanol–water partition coefficient (Wildman–Crippen LogP) is 0.758. The normalized spacial score (nSPS) is 11.4. The third kappa shape index (κ3) is 3.48. The van der Waals surface area contributed by atoms with E-state index in [4.69, 9.17) is 4.74 Å². The van der Waals surface area contributed by atoms with Gasteiger partial charge in [-0.1, -0.05) is 18.2 Å². The molecule has 0 aliphatic rings. The zero-order valence-electron chi connectivity index (χ0n) is 9.92. The Morgan fingerprint density at radius 2 is 2.12 bits per heavy atom. The average molecular weight is 236 g/mol. The maximum Gasteiger partial charge on any atom is 0.349 e. The van der Waals surface area contributed by atoms with Crippen LogP contribution in [0.2, 0.25) is 0 Å². The van der Waals surface area contributed by atoms with Crippen LogP contribution in [0, 0.1) is 0 Å². The molecule has 5 nitrogen and oxygen atoms in total. The van der Waals surface area contributed by atoms with Gasteiger partial charge in [-0.3, -0.25) is 4.79 Å². The number of benzene rings is 1. The Labute approximate surface area is 100 Å². The number of carbonyl (C=O) groups is 2. The van der Waals surface area contributed by atoms with E-state index in [0.717, 1.165) is 5.69 Å². The first-order valence-electron chi connectivity index (χ1n) is 5.35. The number of nitrogens with one attached hydrogen (secondary N) is 1. The van der Waals surface area contributed by atoms with Gasteiger partial charge in [0, 0.05) is 12.7 Å². The van der Waals surface area contributed by atoms with Crippen molar-refractivity contribution in [1.82, 2.24) is 5.32 Å². The van der Waals surface area contributed by atoms with E-state index in [9.17, 15) is 9.59 Å². The Kier molecular flexibility index (Phi) is 5.00. The highest BCUT2D eigenvalue weighted by Gasteiger charge is 2.23. The molecule has 0 bridgehead atoms. The average Bonchev–Trinajstić information content (AvgIpc) is 2.36. The third-order valence-corrected chi connectivity index (χ3v) is 2.29. The molecule has 1 amide bonds. The summed E-state index contributed by atoms with van der Waals surface area (Å²) in [5.74, 6) is -0.481. The maximum absolute atomic E-state index is 11.7. The van der Waals surface area contributed by atoms with Crippen LogP contribution in [0.3, 0.4) is 0 Å². The van der Waals surface area contributed by atoms with Gasteiger partial charge in [0.05, 0.1) is 6.61 Å². The fourth-order valence-electron chi connectivity index (χ4n) is 1.44. The number of nitrogens with zero attached hydrogens (tertiary/aromatic N) is 1. The molecule has 0 spiro atoms. The van der Waals surface area contributed by atoms with Crippen molar-refractivity contribution in [2.45, 2.75) is 13.1 Å². The summed E-state index contributed by atoms with van der Waals surface area (Å²) in [6, 6.07) is 9.28. The van der Waals surface area contributed by atoms with Crippen molar-refractivity contribution in [3.8, 4) is 0 Å². The minimum Gasteiger partial charge on any atom is -0.463 e. The quantitative estimate of drug-likeness (QED) is 0.450. The number of para-hydroxylation sites is 1. The van der Waals surface area contributed by atoms with Crippen LogP contribution in [0.5, 0.6) is 0 Å². The van der Waals surface area contributed by atoms with Gasteiger partial charge in [0.2, 0.25) is 12.6 Å². The molecule has 1 atom stereocenters. The molecule has 0 radical (unpaired) electrons. The molecule has 0 aromatic heterocycles. The van der Waals surface area contributed by atoms with E-state index in [0.29, 0.717) is 6.41 Å². The molecule has 5 heteroatoms. The molecule has 0 aliphatic carbocycles. The summed E-state index contributed by atoms with van der Waals surface area (Å²) in [4.78, 5) is 23.8. The van der Waals surface area contributed by atoms with E-state index < -0.39 is 12.1 Å². The topological polar surface area (TPSA) is 58.6 Å². The van der Waals surface area contributed by atoms with Crippen molar-refractivity contribution in [3.63, 3.8) is 0 Å². The van der Waals surface area contributed by atoms with Crippen molar-refractivity contribution in [1.29, 1.82) is 0 Å². The van der Waals surface area contributed by atoms with Crippen LogP contribution in [0.25, 0.3) is 0 Å². The highest BCUT2D eigenvalue weighted by Crippen LogP contribution is 2.13. The third-order valence-electron chi connectivity index (χ3n) is 2.29. The number of ether oxygens (including phenoxy) is 1. The van der Waals surface area contributed by atoms with Gasteiger partial charge in [-0.15, -0.1) is 0 Å². The Bertz CT molecular complexity index is 367. The van der Waals surface area contributed by atoms with Crippen LogP contribution in [-0.2, 0) is 14.3 Å². The molecule has 0 saturated carbocycles. The lowest BCUT2D eigenvalue weighted by molar-refractivity contribution is -0.146. The first-order valence-corrected chi connectivity index (χ1v) is 5.35. The summed E-state index contributed by atoms with van der Waals surface area (Å²) >= 11 is 0. The van der Waals surface area contributed by atoms with Crippen LogP contribution in [-0.4, -0.2) is 32.2 Å². The summed E-state index contributed by atoms with van der Waals surface area (Å²) in [6.45, 7) is 2.00. The minimum absolute atomic E-state index is 0.276. The highest BCUT2D eigenvalue weighted by atomic mass is 16.5. The molecule has 1 rings (SSSR count). The van der Waals surface area contributed by atoms with Crippen molar-refractivity contribution in [2.75, 3.05) is 18.6 Å². The van der Waals surface area contributed by atoms with Crippen molar-refractivity contribution < 1.29 is 14.3 Å². The number of hydrogen-bond acceptors (Lipinski definition) is 4. The van der Waals surface area contributed by atoms with Crippen molar-refractivity contribution >= 4 is 18.1 Å². The molecular weight excluding hydrogens is 220 g/mol. The lowest BCUT2D eigenvalue weighted by Crippen LogP contribution is -2.49. The molecule has 1 N–H and O–H groups in total. The lowest BCUT2D eigenvalue weighted by Gasteiger charge is -2.27. The molecule has 1 aromatic rings. The van der Waals surface area contributed by atoms with Crippen LogP contribution < -0.4 is 10.2 Å². The van der Waals surface area contributed by atoms with Gasteiger partial charge >= 0.3 is 5.97 Å². The van der Waals surface area contributed by atoms with E-state index in [2.05, 4.69) is 5.32 Å². The summed E-state index contributed by atoms with van der Waals surface area (Å²) in [5.41, 5.74) is 0.819.